The maximum atomic E-state index is 11.5. The second-order valence-corrected chi connectivity index (χ2v) is 3.67. The molecule has 2 amide bonds. The predicted molar refractivity (Wildman–Crippen MR) is 59.4 cm³/mol. The van der Waals surface area contributed by atoms with E-state index in [4.69, 9.17) is 10.9 Å². The lowest BCUT2D eigenvalue weighted by atomic mass is 10.0. The third-order valence-corrected chi connectivity index (χ3v) is 2.33. The van der Waals surface area contributed by atoms with Crippen molar-refractivity contribution in [1.29, 1.82) is 0 Å². The van der Waals surface area contributed by atoms with Crippen molar-refractivity contribution in [2.45, 2.75) is 32.6 Å². The Morgan fingerprint density at radius 1 is 1.56 bits per heavy atom. The van der Waals surface area contributed by atoms with E-state index in [9.17, 15) is 9.59 Å². The summed E-state index contributed by atoms with van der Waals surface area (Å²) in [6, 6.07) is 0. The molecule has 6 nitrogen and oxygen atoms in total. The molecule has 0 fully saturated rings. The molecule has 0 aromatic carbocycles. The van der Waals surface area contributed by atoms with E-state index in [2.05, 4.69) is 12.2 Å². The summed E-state index contributed by atoms with van der Waals surface area (Å²) >= 11 is 0. The maximum absolute atomic E-state index is 11.5. The first-order valence-electron chi connectivity index (χ1n) is 5.54. The molecule has 0 aliphatic rings. The van der Waals surface area contributed by atoms with E-state index >= 15 is 0 Å². The van der Waals surface area contributed by atoms with Crippen LogP contribution < -0.4 is 11.1 Å². The molecule has 0 saturated heterocycles. The average Bonchev–Trinajstić information content (AvgIpc) is 2.28. The van der Waals surface area contributed by atoms with Gasteiger partial charge in [0.15, 0.2) is 0 Å². The summed E-state index contributed by atoms with van der Waals surface area (Å²) in [5, 5.41) is 12.0. The van der Waals surface area contributed by atoms with Gasteiger partial charge >= 0.3 is 0 Å². The Hall–Kier alpha value is -1.14. The largest absolute Gasteiger partial charge is 0.343 e. The molecule has 0 spiro atoms. The Balaban J connectivity index is 4.14. The highest BCUT2D eigenvalue weighted by molar-refractivity contribution is 5.78. The Kier molecular flexibility index (Phi) is 8.46. The van der Waals surface area contributed by atoms with Crippen molar-refractivity contribution in [2.75, 3.05) is 13.2 Å². The number of nitrogens with one attached hydrogen (secondary N) is 1. The summed E-state index contributed by atoms with van der Waals surface area (Å²) in [5.41, 5.74) is 5.21. The van der Waals surface area contributed by atoms with Crippen LogP contribution in [-0.2, 0) is 9.59 Å². The van der Waals surface area contributed by atoms with Crippen molar-refractivity contribution < 1.29 is 14.8 Å². The molecule has 0 bridgehead atoms. The Bertz CT molecular complexity index is 211. The lowest BCUT2D eigenvalue weighted by Gasteiger charge is -2.18. The molecule has 6 heteroatoms. The van der Waals surface area contributed by atoms with Crippen LogP contribution in [0.2, 0.25) is 0 Å². The summed E-state index contributed by atoms with van der Waals surface area (Å²) in [6.45, 7) is 2.15. The van der Waals surface area contributed by atoms with Crippen LogP contribution in [0.1, 0.15) is 32.6 Å². The average molecular weight is 231 g/mol. The highest BCUT2D eigenvalue weighted by Crippen LogP contribution is 2.11. The molecule has 0 aromatic heterocycles. The fraction of sp³-hybridized carbons (Fsp3) is 0.800. The van der Waals surface area contributed by atoms with E-state index in [1.165, 1.54) is 0 Å². The Morgan fingerprint density at radius 3 is 2.75 bits per heavy atom. The standard InChI is InChI=1S/C10H21N3O3/c1-2-3-4-5-9(6-13(16)8-14)10(15)12-7-11/h8-9,16H,2-7,11H2,1H3,(H,12,15)/t9-/m1/s1. The first-order valence-corrected chi connectivity index (χ1v) is 5.54. The Labute approximate surface area is 95.7 Å². The fourth-order valence-corrected chi connectivity index (χ4v) is 1.46. The molecule has 1 atom stereocenters. The van der Waals surface area contributed by atoms with Gasteiger partial charge < -0.3 is 11.1 Å². The van der Waals surface area contributed by atoms with Gasteiger partial charge in [0.1, 0.15) is 0 Å². The summed E-state index contributed by atoms with van der Waals surface area (Å²) in [4.78, 5) is 21.8. The molecule has 0 aromatic rings. The molecule has 0 aliphatic heterocycles. The van der Waals surface area contributed by atoms with Crippen LogP contribution >= 0.6 is 0 Å². The number of hydrogen-bond acceptors (Lipinski definition) is 4. The molecule has 0 saturated carbocycles. The Morgan fingerprint density at radius 2 is 2.25 bits per heavy atom. The molecule has 0 unspecified atom stereocenters. The zero-order valence-electron chi connectivity index (χ0n) is 9.69. The van der Waals surface area contributed by atoms with Gasteiger partial charge in [-0.15, -0.1) is 0 Å². The summed E-state index contributed by atoms with van der Waals surface area (Å²) in [6.07, 6.45) is 3.92. The number of carbonyl (C=O) groups excluding carboxylic acids is 2. The first-order chi connectivity index (χ1) is 7.65. The number of amides is 2. The second-order valence-electron chi connectivity index (χ2n) is 3.67. The smallest absolute Gasteiger partial charge is 0.233 e. The van der Waals surface area contributed by atoms with Crippen LogP contribution in [-0.4, -0.2) is 35.8 Å². The number of nitrogens with two attached hydrogens (primary N) is 1. The van der Waals surface area contributed by atoms with Crippen LogP contribution in [0.4, 0.5) is 0 Å². The third-order valence-electron chi connectivity index (χ3n) is 2.33. The monoisotopic (exact) mass is 231 g/mol. The highest BCUT2D eigenvalue weighted by Gasteiger charge is 2.19. The molecule has 0 rings (SSSR count). The van der Waals surface area contributed by atoms with Gasteiger partial charge in [-0.3, -0.25) is 14.8 Å². The zero-order valence-corrected chi connectivity index (χ0v) is 9.69. The number of unbranched alkanes of at least 4 members (excludes halogenated alkanes) is 2. The number of rotatable bonds is 9. The summed E-state index contributed by atoms with van der Waals surface area (Å²) in [5.74, 6) is -0.621. The minimum absolute atomic E-state index is 0.0129. The van der Waals surface area contributed by atoms with E-state index < -0.39 is 5.92 Å². The van der Waals surface area contributed by atoms with Crippen molar-refractivity contribution >= 4 is 12.3 Å². The van der Waals surface area contributed by atoms with Gasteiger partial charge in [0.2, 0.25) is 12.3 Å². The van der Waals surface area contributed by atoms with Gasteiger partial charge in [-0.05, 0) is 6.42 Å². The van der Waals surface area contributed by atoms with Crippen molar-refractivity contribution in [3.8, 4) is 0 Å². The fourth-order valence-electron chi connectivity index (χ4n) is 1.46. The van der Waals surface area contributed by atoms with Crippen LogP contribution in [0.5, 0.6) is 0 Å². The number of carbonyl (C=O) groups is 2. The van der Waals surface area contributed by atoms with E-state index in [1.54, 1.807) is 0 Å². The van der Waals surface area contributed by atoms with Gasteiger partial charge in [0.25, 0.3) is 0 Å². The van der Waals surface area contributed by atoms with Crippen molar-refractivity contribution in [2.24, 2.45) is 11.7 Å². The van der Waals surface area contributed by atoms with Gasteiger partial charge in [-0.25, -0.2) is 5.06 Å². The maximum Gasteiger partial charge on any atom is 0.233 e. The minimum atomic E-state index is -0.398. The van der Waals surface area contributed by atoms with Gasteiger partial charge in [0, 0.05) is 0 Å². The number of hydrogen-bond donors (Lipinski definition) is 3. The molecule has 0 aliphatic carbocycles. The number of hydroxylamine groups is 2. The molecular formula is C10H21N3O3. The molecule has 0 heterocycles. The molecular weight excluding hydrogens is 210 g/mol. The van der Waals surface area contributed by atoms with Crippen LogP contribution in [0, 0.1) is 5.92 Å². The lowest BCUT2D eigenvalue weighted by molar-refractivity contribution is -0.154. The van der Waals surface area contributed by atoms with Crippen LogP contribution in [0.25, 0.3) is 0 Å². The van der Waals surface area contributed by atoms with Crippen LogP contribution in [0.15, 0.2) is 0 Å². The lowest BCUT2D eigenvalue weighted by Crippen LogP contribution is -2.39. The normalized spacial score (nSPS) is 11.9. The molecule has 94 valence electrons. The SMILES string of the molecule is CCCCC[C@H](CN(O)C=O)C(=O)NCN. The summed E-state index contributed by atoms with van der Waals surface area (Å²) in [7, 11) is 0. The first kappa shape index (κ1) is 14.9. The third kappa shape index (κ3) is 6.36. The highest BCUT2D eigenvalue weighted by atomic mass is 16.5. The van der Waals surface area contributed by atoms with Gasteiger partial charge in [-0.2, -0.15) is 0 Å². The zero-order chi connectivity index (χ0) is 12.4. The predicted octanol–water partition coefficient (Wildman–Crippen LogP) is 0.0629. The van der Waals surface area contributed by atoms with Crippen LogP contribution in [0.3, 0.4) is 0 Å². The van der Waals surface area contributed by atoms with E-state index in [-0.39, 0.29) is 19.1 Å². The quantitative estimate of drug-likeness (QED) is 0.172. The molecule has 16 heavy (non-hydrogen) atoms. The van der Waals surface area contributed by atoms with E-state index in [0.29, 0.717) is 17.9 Å². The summed E-state index contributed by atoms with van der Waals surface area (Å²) < 4.78 is 0. The van der Waals surface area contributed by atoms with Gasteiger partial charge in [-0.1, -0.05) is 26.2 Å². The van der Waals surface area contributed by atoms with Crippen molar-refractivity contribution in [1.82, 2.24) is 10.4 Å². The van der Waals surface area contributed by atoms with Crippen molar-refractivity contribution in [3.05, 3.63) is 0 Å². The van der Waals surface area contributed by atoms with Gasteiger partial charge in [0.05, 0.1) is 19.1 Å². The number of nitrogens with zero attached hydrogens (tertiary/aromatic N) is 1. The molecule has 4 N–H and O–H groups in total. The second kappa shape index (κ2) is 9.11. The van der Waals surface area contributed by atoms with E-state index in [1.807, 2.05) is 0 Å². The molecule has 0 radical (unpaired) electrons. The minimum Gasteiger partial charge on any atom is -0.343 e. The van der Waals surface area contributed by atoms with Crippen molar-refractivity contribution in [3.63, 3.8) is 0 Å². The van der Waals surface area contributed by atoms with E-state index in [0.717, 1.165) is 19.3 Å². The topological polar surface area (TPSA) is 95.7 Å².